The van der Waals surface area contributed by atoms with Crippen molar-refractivity contribution in [1.29, 1.82) is 0 Å². The summed E-state index contributed by atoms with van der Waals surface area (Å²) in [6.07, 6.45) is 0.837. The van der Waals surface area contributed by atoms with Crippen molar-refractivity contribution in [3.63, 3.8) is 0 Å². The van der Waals surface area contributed by atoms with E-state index in [1.165, 1.54) is 14.2 Å². The van der Waals surface area contributed by atoms with Crippen LogP contribution in [0.2, 0.25) is 10.0 Å². The van der Waals surface area contributed by atoms with Crippen LogP contribution in [0.5, 0.6) is 17.2 Å². The topological polar surface area (TPSA) is 56.8 Å². The summed E-state index contributed by atoms with van der Waals surface area (Å²) >= 11 is 15.8. The molecule has 0 aliphatic heterocycles. The van der Waals surface area contributed by atoms with E-state index < -0.39 is 0 Å². The van der Waals surface area contributed by atoms with Crippen LogP contribution in [0.25, 0.3) is 0 Å². The Morgan fingerprint density at radius 1 is 1.07 bits per heavy atom. The zero-order chi connectivity index (χ0) is 20.8. The number of benzene rings is 2. The molecule has 0 aliphatic carbocycles. The normalized spacial score (nSPS) is 10.5. The van der Waals surface area contributed by atoms with E-state index >= 15 is 0 Å². The van der Waals surface area contributed by atoms with Gasteiger partial charge in [0, 0.05) is 23.6 Å². The minimum absolute atomic E-state index is 0.159. The molecular formula is C20H22BrCl2NO4. The lowest BCUT2D eigenvalue weighted by molar-refractivity contribution is -0.116. The molecule has 0 aliphatic rings. The third kappa shape index (κ3) is 5.46. The van der Waals surface area contributed by atoms with Crippen LogP contribution in [0, 0.1) is 13.8 Å². The lowest BCUT2D eigenvalue weighted by atomic mass is 10.1. The largest absolute Gasteiger partial charge is 0.495 e. The van der Waals surface area contributed by atoms with Gasteiger partial charge in [-0.05, 0) is 53.4 Å². The van der Waals surface area contributed by atoms with E-state index in [1.807, 2.05) is 19.9 Å². The van der Waals surface area contributed by atoms with Gasteiger partial charge in [-0.1, -0.05) is 23.2 Å². The SMILES string of the molecule is COc1cc(NC(=O)CCCOc2cc(C)c(Cl)c(C)c2Br)c(OC)cc1Cl. The summed E-state index contributed by atoms with van der Waals surface area (Å²) in [6.45, 7) is 4.25. The van der Waals surface area contributed by atoms with Crippen LogP contribution in [0.15, 0.2) is 22.7 Å². The van der Waals surface area contributed by atoms with E-state index in [2.05, 4.69) is 21.2 Å². The molecule has 0 atom stereocenters. The summed E-state index contributed by atoms with van der Waals surface area (Å²) in [5.41, 5.74) is 2.37. The van der Waals surface area contributed by atoms with Crippen LogP contribution < -0.4 is 19.5 Å². The number of halogens is 3. The fourth-order valence-corrected chi connectivity index (χ4v) is 3.51. The molecule has 1 amide bonds. The highest BCUT2D eigenvalue weighted by Crippen LogP contribution is 2.37. The van der Waals surface area contributed by atoms with E-state index in [4.69, 9.17) is 37.4 Å². The molecule has 28 heavy (non-hydrogen) atoms. The molecule has 2 rings (SSSR count). The van der Waals surface area contributed by atoms with Crippen molar-refractivity contribution in [1.82, 2.24) is 0 Å². The van der Waals surface area contributed by atoms with Gasteiger partial charge in [-0.15, -0.1) is 0 Å². The number of hydrogen-bond donors (Lipinski definition) is 1. The number of anilines is 1. The second-order valence-corrected chi connectivity index (χ2v) is 7.71. The molecule has 0 bridgehead atoms. The first-order valence-electron chi connectivity index (χ1n) is 8.57. The standard InChI is InChI=1S/C20H22BrCl2NO4/c1-11-8-17(19(21)12(2)20(11)23)28-7-5-6-18(25)24-14-10-15(26-3)13(22)9-16(14)27-4/h8-10H,5-7H2,1-4H3,(H,24,25). The molecule has 1 N–H and O–H groups in total. The first-order valence-corrected chi connectivity index (χ1v) is 10.1. The molecule has 0 saturated heterocycles. The summed E-state index contributed by atoms with van der Waals surface area (Å²) < 4.78 is 17.1. The monoisotopic (exact) mass is 489 g/mol. The Bertz CT molecular complexity index is 874. The Labute approximate surface area is 183 Å². The first kappa shape index (κ1) is 22.7. The lowest BCUT2D eigenvalue weighted by Gasteiger charge is -2.14. The summed E-state index contributed by atoms with van der Waals surface area (Å²) in [5, 5.41) is 3.94. The number of methoxy groups -OCH3 is 2. The molecule has 0 radical (unpaired) electrons. The van der Waals surface area contributed by atoms with Crippen molar-refractivity contribution < 1.29 is 19.0 Å². The molecule has 0 unspecified atom stereocenters. The maximum Gasteiger partial charge on any atom is 0.224 e. The molecule has 152 valence electrons. The highest BCUT2D eigenvalue weighted by atomic mass is 79.9. The van der Waals surface area contributed by atoms with Crippen LogP contribution in [0.4, 0.5) is 5.69 Å². The highest BCUT2D eigenvalue weighted by Gasteiger charge is 2.14. The predicted octanol–water partition coefficient (Wildman–Crippen LogP) is 6.19. The number of carbonyl (C=O) groups is 1. The van der Waals surface area contributed by atoms with Gasteiger partial charge in [0.1, 0.15) is 17.2 Å². The number of amides is 1. The Balaban J connectivity index is 1.92. The molecule has 2 aromatic carbocycles. The number of hydrogen-bond acceptors (Lipinski definition) is 4. The molecule has 0 aromatic heterocycles. The number of rotatable bonds is 8. The Morgan fingerprint density at radius 2 is 1.75 bits per heavy atom. The van der Waals surface area contributed by atoms with Crippen molar-refractivity contribution in [2.24, 2.45) is 0 Å². The van der Waals surface area contributed by atoms with Gasteiger partial charge in [-0.3, -0.25) is 4.79 Å². The predicted molar refractivity (Wildman–Crippen MR) is 117 cm³/mol. The maximum absolute atomic E-state index is 12.3. The minimum atomic E-state index is -0.159. The zero-order valence-electron chi connectivity index (χ0n) is 16.1. The van der Waals surface area contributed by atoms with Crippen LogP contribution in [0.1, 0.15) is 24.0 Å². The molecule has 0 heterocycles. The Kier molecular flexibility index (Phi) is 8.28. The van der Waals surface area contributed by atoms with E-state index in [1.54, 1.807) is 12.1 Å². The summed E-state index contributed by atoms with van der Waals surface area (Å²) in [4.78, 5) is 12.3. The Hall–Kier alpha value is -1.63. The van der Waals surface area contributed by atoms with Crippen molar-refractivity contribution in [3.8, 4) is 17.2 Å². The average Bonchev–Trinajstić information content (AvgIpc) is 2.68. The molecule has 0 fully saturated rings. The third-order valence-corrected chi connectivity index (χ3v) is 5.98. The third-order valence-electron chi connectivity index (χ3n) is 4.12. The van der Waals surface area contributed by atoms with E-state index in [0.29, 0.717) is 46.0 Å². The number of aryl methyl sites for hydroxylation is 1. The van der Waals surface area contributed by atoms with Gasteiger partial charge >= 0.3 is 0 Å². The fourth-order valence-electron chi connectivity index (χ4n) is 2.59. The highest BCUT2D eigenvalue weighted by molar-refractivity contribution is 9.10. The van der Waals surface area contributed by atoms with Gasteiger partial charge in [0.05, 0.1) is 36.0 Å². The van der Waals surface area contributed by atoms with Crippen LogP contribution in [0.3, 0.4) is 0 Å². The number of carbonyl (C=O) groups excluding carboxylic acids is 1. The van der Waals surface area contributed by atoms with E-state index in [-0.39, 0.29) is 12.3 Å². The number of nitrogens with one attached hydrogen (secondary N) is 1. The second-order valence-electron chi connectivity index (χ2n) is 6.13. The van der Waals surface area contributed by atoms with Crippen molar-refractivity contribution in [2.45, 2.75) is 26.7 Å². The van der Waals surface area contributed by atoms with Gasteiger partial charge in [0.2, 0.25) is 5.91 Å². The average molecular weight is 491 g/mol. The fraction of sp³-hybridized carbons (Fsp3) is 0.350. The van der Waals surface area contributed by atoms with Crippen molar-refractivity contribution in [2.75, 3.05) is 26.1 Å². The lowest BCUT2D eigenvalue weighted by Crippen LogP contribution is -2.13. The summed E-state index contributed by atoms with van der Waals surface area (Å²) in [5.74, 6) is 1.48. The van der Waals surface area contributed by atoms with Gasteiger partial charge in [0.15, 0.2) is 0 Å². The van der Waals surface area contributed by atoms with Crippen molar-refractivity contribution >= 4 is 50.7 Å². The van der Waals surface area contributed by atoms with Crippen LogP contribution in [-0.4, -0.2) is 26.7 Å². The van der Waals surface area contributed by atoms with Gasteiger partial charge < -0.3 is 19.5 Å². The van der Waals surface area contributed by atoms with Crippen molar-refractivity contribution in [3.05, 3.63) is 43.8 Å². The van der Waals surface area contributed by atoms with Gasteiger partial charge in [-0.2, -0.15) is 0 Å². The van der Waals surface area contributed by atoms with Crippen LogP contribution in [-0.2, 0) is 4.79 Å². The first-order chi connectivity index (χ1) is 13.3. The van der Waals surface area contributed by atoms with E-state index in [9.17, 15) is 4.79 Å². The molecule has 2 aromatic rings. The maximum atomic E-state index is 12.3. The zero-order valence-corrected chi connectivity index (χ0v) is 19.2. The molecule has 5 nitrogen and oxygen atoms in total. The van der Waals surface area contributed by atoms with Crippen LogP contribution >= 0.6 is 39.1 Å². The quantitative estimate of drug-likeness (QED) is 0.448. The Morgan fingerprint density at radius 3 is 2.39 bits per heavy atom. The smallest absolute Gasteiger partial charge is 0.224 e. The second kappa shape index (κ2) is 10.2. The summed E-state index contributed by atoms with van der Waals surface area (Å²) in [6, 6.07) is 5.11. The minimum Gasteiger partial charge on any atom is -0.495 e. The van der Waals surface area contributed by atoms with Gasteiger partial charge in [0.25, 0.3) is 0 Å². The summed E-state index contributed by atoms with van der Waals surface area (Å²) in [7, 11) is 3.02. The molecule has 0 spiro atoms. The van der Waals surface area contributed by atoms with E-state index in [0.717, 1.165) is 15.6 Å². The number of ether oxygens (including phenoxy) is 3. The van der Waals surface area contributed by atoms with Gasteiger partial charge in [-0.25, -0.2) is 0 Å². The molecule has 0 saturated carbocycles. The molecular weight excluding hydrogens is 469 g/mol. The molecule has 8 heteroatoms.